The molecule has 4 aromatic rings. The van der Waals surface area contributed by atoms with E-state index in [2.05, 4.69) is 10.3 Å². The van der Waals surface area contributed by atoms with Gasteiger partial charge >= 0.3 is 0 Å². The number of anilines is 1. The van der Waals surface area contributed by atoms with Crippen LogP contribution in [0.1, 0.15) is 11.1 Å². The number of nitriles is 1. The van der Waals surface area contributed by atoms with Crippen molar-refractivity contribution in [3.05, 3.63) is 106 Å². The topological polar surface area (TPSA) is 96.5 Å². The first kappa shape index (κ1) is 22.4. The zero-order valence-corrected chi connectivity index (χ0v) is 17.8. The lowest BCUT2D eigenvalue weighted by atomic mass is 10.1. The van der Waals surface area contributed by atoms with Crippen molar-refractivity contribution >= 4 is 23.3 Å². The molecule has 1 amide bonds. The molecule has 0 aliphatic carbocycles. The summed E-state index contributed by atoms with van der Waals surface area (Å²) >= 11 is 0. The minimum absolute atomic E-state index is 0.184. The minimum Gasteiger partial charge on any atom is -0.435 e. The number of carbonyl (C=O) groups excluding carboxylic acids is 1. The first-order valence-electron chi connectivity index (χ1n) is 10.0. The molecule has 2 aromatic heterocycles. The number of pyridine rings is 1. The minimum atomic E-state index is -0.834. The lowest BCUT2D eigenvalue weighted by Crippen LogP contribution is -2.20. The summed E-state index contributed by atoms with van der Waals surface area (Å²) in [6.07, 6.45) is 2.51. The van der Waals surface area contributed by atoms with E-state index in [0.29, 0.717) is 5.56 Å². The second kappa shape index (κ2) is 9.34. The van der Waals surface area contributed by atoms with Crippen LogP contribution in [0.25, 0.3) is 11.7 Å². The molecule has 0 unspecified atom stereocenters. The molecule has 1 N–H and O–H groups in total. The second-order valence-electron chi connectivity index (χ2n) is 7.18. The molecule has 34 heavy (non-hydrogen) atoms. The second-order valence-corrected chi connectivity index (χ2v) is 7.18. The van der Waals surface area contributed by atoms with Crippen molar-refractivity contribution in [3.8, 4) is 17.7 Å². The fraction of sp³-hybridized carbons (Fsp3) is 0.0400. The van der Waals surface area contributed by atoms with Crippen molar-refractivity contribution in [1.29, 1.82) is 5.26 Å². The SMILES string of the molecule is Cc1cccn2c(=O)c(/C=C(/C#N)C(=O)Nc3ccc(F)cc3)c(Oc3ccccc3F)nc12. The normalized spacial score (nSPS) is 11.2. The van der Waals surface area contributed by atoms with E-state index in [9.17, 15) is 23.6 Å². The quantitative estimate of drug-likeness (QED) is 0.348. The Kier molecular flexibility index (Phi) is 6.14. The third-order valence-electron chi connectivity index (χ3n) is 4.85. The molecule has 0 radical (unpaired) electrons. The molecule has 0 aliphatic heterocycles. The molecule has 0 saturated carbocycles. The van der Waals surface area contributed by atoms with Gasteiger partial charge in [0.2, 0.25) is 5.88 Å². The lowest BCUT2D eigenvalue weighted by Gasteiger charge is -2.12. The number of rotatable bonds is 5. The van der Waals surface area contributed by atoms with Crippen molar-refractivity contribution in [2.24, 2.45) is 0 Å². The highest BCUT2D eigenvalue weighted by Crippen LogP contribution is 2.26. The summed E-state index contributed by atoms with van der Waals surface area (Å²) in [7, 11) is 0. The van der Waals surface area contributed by atoms with Crippen molar-refractivity contribution < 1.29 is 18.3 Å². The summed E-state index contributed by atoms with van der Waals surface area (Å²) in [6, 6.07) is 15.6. The average molecular weight is 458 g/mol. The molecule has 7 nitrogen and oxygen atoms in total. The van der Waals surface area contributed by atoms with E-state index in [4.69, 9.17) is 4.74 Å². The van der Waals surface area contributed by atoms with E-state index in [-0.39, 0.29) is 28.5 Å². The molecule has 0 bridgehead atoms. The number of aromatic nitrogens is 2. The van der Waals surface area contributed by atoms with E-state index in [1.54, 1.807) is 31.2 Å². The van der Waals surface area contributed by atoms with Gasteiger partial charge in [0.25, 0.3) is 11.5 Å². The van der Waals surface area contributed by atoms with Crippen LogP contribution in [0, 0.1) is 29.9 Å². The van der Waals surface area contributed by atoms with E-state index in [1.165, 1.54) is 40.9 Å². The maximum Gasteiger partial charge on any atom is 0.269 e. The van der Waals surface area contributed by atoms with Crippen LogP contribution in [0.5, 0.6) is 11.6 Å². The third-order valence-corrected chi connectivity index (χ3v) is 4.85. The standard InChI is InChI=1S/C25H16F2N4O3/c1-15-5-4-12-31-22(15)30-24(34-21-7-3-2-6-20(21)27)19(25(31)33)13-16(14-28)23(32)29-18-10-8-17(26)9-11-18/h2-13H,1H3,(H,29,32)/b16-13-. The highest BCUT2D eigenvalue weighted by molar-refractivity contribution is 6.09. The highest BCUT2D eigenvalue weighted by atomic mass is 19.1. The molecular weight excluding hydrogens is 442 g/mol. The third kappa shape index (κ3) is 4.52. The number of nitrogens with one attached hydrogen (secondary N) is 1. The maximum absolute atomic E-state index is 14.2. The number of carbonyl (C=O) groups is 1. The van der Waals surface area contributed by atoms with Crippen LogP contribution in [0.4, 0.5) is 14.5 Å². The predicted molar refractivity (Wildman–Crippen MR) is 121 cm³/mol. The summed E-state index contributed by atoms with van der Waals surface area (Å²) in [4.78, 5) is 30.3. The number of benzene rings is 2. The largest absolute Gasteiger partial charge is 0.435 e. The Balaban J connectivity index is 1.84. The van der Waals surface area contributed by atoms with E-state index < -0.39 is 28.7 Å². The predicted octanol–water partition coefficient (Wildman–Crippen LogP) is 4.62. The van der Waals surface area contributed by atoms with Crippen LogP contribution in [-0.4, -0.2) is 15.3 Å². The van der Waals surface area contributed by atoms with Crippen molar-refractivity contribution in [1.82, 2.24) is 9.38 Å². The Bertz CT molecular complexity index is 1540. The zero-order chi connectivity index (χ0) is 24.2. The Morgan fingerprint density at radius 2 is 1.85 bits per heavy atom. The van der Waals surface area contributed by atoms with Gasteiger partial charge in [-0.1, -0.05) is 18.2 Å². The molecule has 0 atom stereocenters. The number of aryl methyl sites for hydroxylation is 1. The lowest BCUT2D eigenvalue weighted by molar-refractivity contribution is -0.112. The van der Waals surface area contributed by atoms with E-state index >= 15 is 0 Å². The van der Waals surface area contributed by atoms with Gasteiger partial charge in [-0.2, -0.15) is 10.2 Å². The molecular formula is C25H16F2N4O3. The van der Waals surface area contributed by atoms with Gasteiger partial charge in [0.1, 0.15) is 28.7 Å². The smallest absolute Gasteiger partial charge is 0.269 e. The Hall–Kier alpha value is -4.84. The highest BCUT2D eigenvalue weighted by Gasteiger charge is 2.19. The first-order chi connectivity index (χ1) is 16.4. The summed E-state index contributed by atoms with van der Waals surface area (Å²) < 4.78 is 34.2. The fourth-order valence-corrected chi connectivity index (χ4v) is 3.15. The Morgan fingerprint density at radius 3 is 2.56 bits per heavy atom. The van der Waals surface area contributed by atoms with Crippen LogP contribution in [-0.2, 0) is 4.79 Å². The van der Waals surface area contributed by atoms with Gasteiger partial charge in [0.15, 0.2) is 11.6 Å². The van der Waals surface area contributed by atoms with Crippen LogP contribution < -0.4 is 15.6 Å². The summed E-state index contributed by atoms with van der Waals surface area (Å²) in [5, 5.41) is 12.0. The van der Waals surface area contributed by atoms with Gasteiger partial charge in [0.05, 0.1) is 0 Å². The monoisotopic (exact) mass is 458 g/mol. The molecule has 168 valence electrons. The van der Waals surface area contributed by atoms with Gasteiger partial charge in [0, 0.05) is 11.9 Å². The van der Waals surface area contributed by atoms with Gasteiger partial charge in [-0.25, -0.2) is 8.78 Å². The first-order valence-corrected chi connectivity index (χ1v) is 10.0. The van der Waals surface area contributed by atoms with Crippen LogP contribution in [0.15, 0.2) is 77.2 Å². The van der Waals surface area contributed by atoms with Crippen LogP contribution in [0.3, 0.4) is 0 Å². The number of ether oxygens (including phenoxy) is 1. The summed E-state index contributed by atoms with van der Waals surface area (Å²) in [5.41, 5.74) is -0.110. The fourth-order valence-electron chi connectivity index (χ4n) is 3.15. The van der Waals surface area contributed by atoms with Gasteiger partial charge < -0.3 is 10.1 Å². The van der Waals surface area contributed by atoms with Gasteiger partial charge in [-0.05, 0) is 61.0 Å². The molecule has 0 saturated heterocycles. The summed E-state index contributed by atoms with van der Waals surface area (Å²) in [5.74, 6) is -2.46. The average Bonchev–Trinajstić information content (AvgIpc) is 2.82. The zero-order valence-electron chi connectivity index (χ0n) is 17.8. The number of para-hydroxylation sites is 1. The van der Waals surface area contributed by atoms with Gasteiger partial charge in [-0.3, -0.25) is 14.0 Å². The van der Waals surface area contributed by atoms with Gasteiger partial charge in [-0.15, -0.1) is 0 Å². The Labute approximate surface area is 192 Å². The number of halogens is 2. The number of hydrogen-bond donors (Lipinski definition) is 1. The van der Waals surface area contributed by atoms with E-state index in [1.807, 2.05) is 0 Å². The molecule has 4 rings (SSSR count). The van der Waals surface area contributed by atoms with Crippen molar-refractivity contribution in [2.75, 3.05) is 5.32 Å². The molecule has 0 spiro atoms. The van der Waals surface area contributed by atoms with Crippen LogP contribution in [0.2, 0.25) is 0 Å². The summed E-state index contributed by atoms with van der Waals surface area (Å²) in [6.45, 7) is 1.74. The number of amides is 1. The van der Waals surface area contributed by atoms with Crippen molar-refractivity contribution in [3.63, 3.8) is 0 Å². The molecule has 2 heterocycles. The van der Waals surface area contributed by atoms with E-state index in [0.717, 1.165) is 18.2 Å². The molecule has 2 aromatic carbocycles. The number of nitrogens with zero attached hydrogens (tertiary/aromatic N) is 3. The number of fused-ring (bicyclic) bond motifs is 1. The molecule has 9 heteroatoms. The van der Waals surface area contributed by atoms with Crippen molar-refractivity contribution in [2.45, 2.75) is 6.92 Å². The molecule has 0 aliphatic rings. The maximum atomic E-state index is 14.2. The number of hydrogen-bond acceptors (Lipinski definition) is 5. The Morgan fingerprint density at radius 1 is 1.12 bits per heavy atom. The molecule has 0 fully saturated rings. The van der Waals surface area contributed by atoms with Crippen LogP contribution >= 0.6 is 0 Å².